The molecule has 2 aromatic carbocycles. The van der Waals surface area contributed by atoms with E-state index >= 15 is 0 Å². The van der Waals surface area contributed by atoms with Crippen LogP contribution in [0.1, 0.15) is 24.2 Å². The molecule has 1 aromatic heterocycles. The zero-order valence-corrected chi connectivity index (χ0v) is 13.7. The molecule has 1 aliphatic rings. The molecule has 0 saturated carbocycles. The van der Waals surface area contributed by atoms with Crippen molar-refractivity contribution < 1.29 is 4.58 Å². The normalized spacial score (nSPS) is 14.4. The fraction of sp³-hybridized carbons (Fsp3) is 0.263. The molecule has 4 heteroatoms. The SMILES string of the molecule is Clc1ccc(Cn2c(C[N+]3=CCCC3)nc3ccccc32)cc1. The van der Waals surface area contributed by atoms with Crippen LogP contribution in [0.2, 0.25) is 5.02 Å². The lowest BCUT2D eigenvalue weighted by molar-refractivity contribution is -0.533. The van der Waals surface area contributed by atoms with Gasteiger partial charge in [0.1, 0.15) is 12.8 Å². The number of fused-ring (bicyclic) bond motifs is 1. The van der Waals surface area contributed by atoms with Gasteiger partial charge in [0.25, 0.3) is 0 Å². The van der Waals surface area contributed by atoms with Crippen molar-refractivity contribution in [2.24, 2.45) is 0 Å². The number of nitrogens with zero attached hydrogens (tertiary/aromatic N) is 3. The molecule has 1 aliphatic heterocycles. The maximum Gasteiger partial charge on any atom is 0.200 e. The number of imidazole rings is 1. The van der Waals surface area contributed by atoms with E-state index in [1.165, 1.54) is 23.9 Å². The van der Waals surface area contributed by atoms with Gasteiger partial charge in [0.05, 0.1) is 11.0 Å². The van der Waals surface area contributed by atoms with Crippen LogP contribution in [0, 0.1) is 0 Å². The number of para-hydroxylation sites is 2. The van der Waals surface area contributed by atoms with Gasteiger partial charge in [-0.1, -0.05) is 35.9 Å². The second-order valence-corrected chi connectivity index (χ2v) is 6.46. The van der Waals surface area contributed by atoms with Crippen LogP contribution in [0.5, 0.6) is 0 Å². The van der Waals surface area contributed by atoms with Crippen LogP contribution in [0.15, 0.2) is 48.5 Å². The van der Waals surface area contributed by atoms with E-state index < -0.39 is 0 Å². The molecule has 0 aliphatic carbocycles. The smallest absolute Gasteiger partial charge is 0.200 e. The van der Waals surface area contributed by atoms with Gasteiger partial charge in [0.15, 0.2) is 12.4 Å². The Labute approximate surface area is 140 Å². The predicted octanol–water partition coefficient (Wildman–Crippen LogP) is 4.12. The Kier molecular flexibility index (Phi) is 3.88. The second kappa shape index (κ2) is 6.17. The number of halogens is 1. The van der Waals surface area contributed by atoms with E-state index in [1.807, 2.05) is 18.2 Å². The summed E-state index contributed by atoms with van der Waals surface area (Å²) in [7, 11) is 0. The van der Waals surface area contributed by atoms with Crippen LogP contribution in [0.3, 0.4) is 0 Å². The molecular formula is C19H19ClN3+. The van der Waals surface area contributed by atoms with Gasteiger partial charge in [-0.05, 0) is 29.8 Å². The Bertz CT molecular complexity index is 862. The van der Waals surface area contributed by atoms with Gasteiger partial charge in [0.2, 0.25) is 0 Å². The van der Waals surface area contributed by atoms with Crippen LogP contribution in [0.4, 0.5) is 0 Å². The van der Waals surface area contributed by atoms with Gasteiger partial charge in [-0.3, -0.25) is 0 Å². The number of benzene rings is 2. The van der Waals surface area contributed by atoms with Crippen molar-refractivity contribution in [3.63, 3.8) is 0 Å². The molecule has 0 bridgehead atoms. The van der Waals surface area contributed by atoms with E-state index in [0.717, 1.165) is 36.0 Å². The molecule has 0 amide bonds. The van der Waals surface area contributed by atoms with Gasteiger partial charge in [-0.15, -0.1) is 0 Å². The van der Waals surface area contributed by atoms with Gasteiger partial charge in [-0.2, -0.15) is 0 Å². The third kappa shape index (κ3) is 3.02. The van der Waals surface area contributed by atoms with Crippen molar-refractivity contribution in [3.05, 3.63) is 64.9 Å². The van der Waals surface area contributed by atoms with E-state index in [-0.39, 0.29) is 0 Å². The molecule has 0 radical (unpaired) electrons. The average Bonchev–Trinajstić information content (AvgIpc) is 3.19. The van der Waals surface area contributed by atoms with Gasteiger partial charge in [-0.25, -0.2) is 9.56 Å². The minimum atomic E-state index is 0.774. The van der Waals surface area contributed by atoms with Crippen molar-refractivity contribution in [1.82, 2.24) is 9.55 Å². The first-order chi connectivity index (χ1) is 11.3. The topological polar surface area (TPSA) is 20.8 Å². The predicted molar refractivity (Wildman–Crippen MR) is 94.4 cm³/mol. The fourth-order valence-electron chi connectivity index (χ4n) is 3.18. The molecule has 2 heterocycles. The van der Waals surface area contributed by atoms with Crippen LogP contribution in [0.25, 0.3) is 11.0 Å². The van der Waals surface area contributed by atoms with E-state index in [9.17, 15) is 0 Å². The minimum Gasteiger partial charge on any atom is -0.318 e. The van der Waals surface area contributed by atoms with Gasteiger partial charge in [0, 0.05) is 24.4 Å². The number of hydrogen-bond donors (Lipinski definition) is 0. The zero-order valence-electron chi connectivity index (χ0n) is 13.0. The Balaban J connectivity index is 1.74. The summed E-state index contributed by atoms with van der Waals surface area (Å²) in [6.07, 6.45) is 4.72. The largest absolute Gasteiger partial charge is 0.318 e. The summed E-state index contributed by atoms with van der Waals surface area (Å²) >= 11 is 6.00. The van der Waals surface area contributed by atoms with Crippen LogP contribution >= 0.6 is 11.6 Å². The summed E-state index contributed by atoms with van der Waals surface area (Å²) in [5.41, 5.74) is 3.50. The summed E-state index contributed by atoms with van der Waals surface area (Å²) in [4.78, 5) is 4.87. The second-order valence-electron chi connectivity index (χ2n) is 6.02. The number of hydrogen-bond acceptors (Lipinski definition) is 1. The van der Waals surface area contributed by atoms with E-state index in [2.05, 4.69) is 45.7 Å². The summed E-state index contributed by atoms with van der Waals surface area (Å²) in [6, 6.07) is 16.4. The fourth-order valence-corrected chi connectivity index (χ4v) is 3.31. The average molecular weight is 325 g/mol. The molecule has 0 N–H and O–H groups in total. The van der Waals surface area contributed by atoms with Crippen molar-refractivity contribution in [3.8, 4) is 0 Å². The number of rotatable bonds is 4. The molecule has 4 rings (SSSR count). The Morgan fingerprint density at radius 1 is 1.09 bits per heavy atom. The zero-order chi connectivity index (χ0) is 15.6. The standard InChI is InChI=1S/C19H19ClN3/c20-16-9-7-15(8-10-16)13-23-18-6-2-1-5-17(18)21-19(23)14-22-11-3-4-12-22/h1-2,5-11H,3-4,12-14H2/q+1. The highest BCUT2D eigenvalue weighted by molar-refractivity contribution is 6.30. The number of aromatic nitrogens is 2. The van der Waals surface area contributed by atoms with Gasteiger partial charge >= 0.3 is 0 Å². The Morgan fingerprint density at radius 2 is 1.91 bits per heavy atom. The molecule has 116 valence electrons. The highest BCUT2D eigenvalue weighted by Crippen LogP contribution is 2.20. The maximum atomic E-state index is 6.00. The summed E-state index contributed by atoms with van der Waals surface area (Å²) in [5, 5.41) is 0.774. The van der Waals surface area contributed by atoms with E-state index in [0.29, 0.717) is 0 Å². The van der Waals surface area contributed by atoms with E-state index in [1.54, 1.807) is 0 Å². The lowest BCUT2D eigenvalue weighted by atomic mass is 10.2. The molecule has 3 aromatic rings. The maximum absolute atomic E-state index is 6.00. The van der Waals surface area contributed by atoms with Crippen molar-refractivity contribution >= 4 is 28.8 Å². The third-order valence-electron chi connectivity index (χ3n) is 4.37. The molecule has 0 fully saturated rings. The molecular weight excluding hydrogens is 306 g/mol. The van der Waals surface area contributed by atoms with Crippen molar-refractivity contribution in [2.75, 3.05) is 6.54 Å². The molecule has 0 saturated heterocycles. The first-order valence-corrected chi connectivity index (χ1v) is 8.43. The Hall–Kier alpha value is -2.13. The first-order valence-electron chi connectivity index (χ1n) is 8.05. The third-order valence-corrected chi connectivity index (χ3v) is 4.62. The van der Waals surface area contributed by atoms with Crippen LogP contribution in [-0.4, -0.2) is 26.9 Å². The highest BCUT2D eigenvalue weighted by Gasteiger charge is 2.18. The minimum absolute atomic E-state index is 0.774. The Morgan fingerprint density at radius 3 is 2.70 bits per heavy atom. The molecule has 0 spiro atoms. The van der Waals surface area contributed by atoms with E-state index in [4.69, 9.17) is 16.6 Å². The summed E-state index contributed by atoms with van der Waals surface area (Å²) in [5.74, 6) is 1.12. The van der Waals surface area contributed by atoms with Gasteiger partial charge < -0.3 is 4.57 Å². The molecule has 0 unspecified atom stereocenters. The lowest BCUT2D eigenvalue weighted by Crippen LogP contribution is -2.14. The van der Waals surface area contributed by atoms with Crippen LogP contribution < -0.4 is 0 Å². The first kappa shape index (κ1) is 14.5. The molecule has 23 heavy (non-hydrogen) atoms. The molecule has 0 atom stereocenters. The van der Waals surface area contributed by atoms with Crippen molar-refractivity contribution in [2.45, 2.75) is 25.9 Å². The molecule has 3 nitrogen and oxygen atoms in total. The summed E-state index contributed by atoms with van der Waals surface area (Å²) in [6.45, 7) is 2.83. The monoisotopic (exact) mass is 324 g/mol. The lowest BCUT2D eigenvalue weighted by Gasteiger charge is -2.08. The summed E-state index contributed by atoms with van der Waals surface area (Å²) < 4.78 is 4.70. The van der Waals surface area contributed by atoms with Crippen molar-refractivity contribution in [1.29, 1.82) is 0 Å². The quantitative estimate of drug-likeness (QED) is 0.661. The van der Waals surface area contributed by atoms with Crippen LogP contribution in [-0.2, 0) is 13.1 Å². The highest BCUT2D eigenvalue weighted by atomic mass is 35.5.